The van der Waals surface area contributed by atoms with Crippen molar-refractivity contribution in [3.8, 4) is 5.75 Å². The molecule has 0 amide bonds. The number of nitrogens with zero attached hydrogens (tertiary/aromatic N) is 2. The fourth-order valence-corrected chi connectivity index (χ4v) is 2.23. The van der Waals surface area contributed by atoms with E-state index in [1.165, 1.54) is 11.6 Å². The van der Waals surface area contributed by atoms with Gasteiger partial charge >= 0.3 is 0 Å². The molecule has 0 saturated heterocycles. The monoisotopic (exact) mass is 286 g/mol. The number of likely N-dealkylation sites (N-methyl/N-ethyl adjacent to an activating group) is 1. The molecule has 1 aromatic carbocycles. The number of fused-ring (bicyclic) bond motifs is 1. The maximum Gasteiger partial charge on any atom is 0.131 e. The molecule has 1 aromatic heterocycles. The van der Waals surface area contributed by atoms with Gasteiger partial charge in [-0.3, -0.25) is 0 Å². The molecule has 1 heterocycles. The number of aryl methyl sites for hydroxylation is 1. The molecule has 0 atom stereocenters. The van der Waals surface area contributed by atoms with Gasteiger partial charge in [-0.2, -0.15) is 0 Å². The molecular weight excluding hydrogens is 267 g/mol. The van der Waals surface area contributed by atoms with E-state index in [2.05, 4.69) is 11.1 Å². The third-order valence-corrected chi connectivity index (χ3v) is 3.14. The number of ether oxygens (including phenoxy) is 1. The summed E-state index contributed by atoms with van der Waals surface area (Å²) in [6.45, 7) is 0.958. The normalized spacial score (nSPS) is 10.8. The Morgan fingerprint density at radius 3 is 2.58 bits per heavy atom. The van der Waals surface area contributed by atoms with Crippen LogP contribution in [0.5, 0.6) is 5.75 Å². The zero-order valence-electron chi connectivity index (χ0n) is 11.7. The second kappa shape index (κ2) is 6.26. The number of aromatic nitrogens is 1. The average molecular weight is 287 g/mol. The summed E-state index contributed by atoms with van der Waals surface area (Å²) in [6.07, 6.45) is 2.97. The fourth-order valence-electron chi connectivity index (χ4n) is 2.23. The Labute approximate surface area is 119 Å². The molecule has 0 aliphatic heterocycles. The molecule has 106 valence electrons. The molecule has 0 unspecified atom stereocenters. The second-order valence-electron chi connectivity index (χ2n) is 4.82. The van der Waals surface area contributed by atoms with Gasteiger partial charge < -0.3 is 14.2 Å². The first-order chi connectivity index (χ1) is 8.52. The Morgan fingerprint density at radius 1 is 1.32 bits per heavy atom. The summed E-state index contributed by atoms with van der Waals surface area (Å²) in [5.74, 6) is 0.346. The molecule has 3 nitrogen and oxygen atoms in total. The molecule has 0 fully saturated rings. The summed E-state index contributed by atoms with van der Waals surface area (Å²) >= 11 is 0. The van der Waals surface area contributed by atoms with Gasteiger partial charge in [0, 0.05) is 31.2 Å². The van der Waals surface area contributed by atoms with Crippen LogP contribution in [0.25, 0.3) is 10.9 Å². The van der Waals surface area contributed by atoms with Crippen molar-refractivity contribution in [2.45, 2.75) is 6.42 Å². The van der Waals surface area contributed by atoms with E-state index in [1.807, 2.05) is 25.7 Å². The van der Waals surface area contributed by atoms with E-state index in [1.54, 1.807) is 13.2 Å². The first kappa shape index (κ1) is 15.8. The predicted octanol–water partition coefficient (Wildman–Crippen LogP) is 2.85. The predicted molar refractivity (Wildman–Crippen MR) is 78.9 cm³/mol. The average Bonchev–Trinajstić information content (AvgIpc) is 2.63. The summed E-state index contributed by atoms with van der Waals surface area (Å²) < 4.78 is 20.7. The molecule has 0 aliphatic rings. The topological polar surface area (TPSA) is 17.4 Å². The molecule has 0 aliphatic carbocycles. The van der Waals surface area contributed by atoms with E-state index < -0.39 is 0 Å². The highest BCUT2D eigenvalue weighted by Gasteiger charge is 2.13. The van der Waals surface area contributed by atoms with Crippen LogP contribution in [-0.4, -0.2) is 37.2 Å². The number of halogens is 2. The highest BCUT2D eigenvalue weighted by atomic mass is 35.5. The van der Waals surface area contributed by atoms with Crippen LogP contribution in [0.4, 0.5) is 4.39 Å². The van der Waals surface area contributed by atoms with Gasteiger partial charge in [0.2, 0.25) is 0 Å². The number of hydrogen-bond donors (Lipinski definition) is 0. The van der Waals surface area contributed by atoms with E-state index in [0.717, 1.165) is 23.9 Å². The zero-order valence-corrected chi connectivity index (χ0v) is 12.6. The third-order valence-electron chi connectivity index (χ3n) is 3.14. The molecule has 2 aromatic rings. The molecule has 5 heteroatoms. The summed E-state index contributed by atoms with van der Waals surface area (Å²) in [5.41, 5.74) is 2.07. The Hall–Kier alpha value is -1.26. The summed E-state index contributed by atoms with van der Waals surface area (Å²) in [7, 11) is 7.60. The highest BCUT2D eigenvalue weighted by Crippen LogP contribution is 2.31. The summed E-state index contributed by atoms with van der Waals surface area (Å²) in [5, 5.41) is 1.02. The van der Waals surface area contributed by atoms with Gasteiger partial charge in [-0.25, -0.2) is 4.39 Å². The van der Waals surface area contributed by atoms with Gasteiger partial charge in [0.05, 0.1) is 12.6 Å². The van der Waals surface area contributed by atoms with Crippen LogP contribution in [0.15, 0.2) is 18.3 Å². The molecule has 0 spiro atoms. The standard InChI is InChI=1S/C14H19FN2O.ClH/c1-16(2)6-5-10-9-17(3)12-7-11(15)8-13(18-4)14(10)12;/h7-9H,5-6H2,1-4H3;1H. The SMILES string of the molecule is COc1cc(F)cc2c1c(CCN(C)C)cn2C.Cl. The van der Waals surface area contributed by atoms with Crippen molar-refractivity contribution in [1.29, 1.82) is 0 Å². The van der Waals surface area contributed by atoms with Gasteiger partial charge in [-0.1, -0.05) is 0 Å². The summed E-state index contributed by atoms with van der Waals surface area (Å²) in [4.78, 5) is 2.13. The van der Waals surface area contributed by atoms with Gasteiger partial charge in [-0.15, -0.1) is 12.4 Å². The van der Waals surface area contributed by atoms with Crippen molar-refractivity contribution >= 4 is 23.3 Å². The molecule has 0 N–H and O–H groups in total. The second-order valence-corrected chi connectivity index (χ2v) is 4.82. The molecule has 2 rings (SSSR count). The Kier molecular flexibility index (Phi) is 5.20. The minimum absolute atomic E-state index is 0. The Bertz CT molecular complexity index is 566. The van der Waals surface area contributed by atoms with Crippen LogP contribution < -0.4 is 4.74 Å². The fraction of sp³-hybridized carbons (Fsp3) is 0.429. The Morgan fingerprint density at radius 2 is 2.00 bits per heavy atom. The summed E-state index contributed by atoms with van der Waals surface area (Å²) in [6, 6.07) is 3.00. The minimum atomic E-state index is -0.264. The quantitative estimate of drug-likeness (QED) is 0.860. The van der Waals surface area contributed by atoms with Crippen molar-refractivity contribution in [3.05, 3.63) is 29.7 Å². The number of methoxy groups -OCH3 is 1. The lowest BCUT2D eigenvalue weighted by Crippen LogP contribution is -2.14. The minimum Gasteiger partial charge on any atom is -0.496 e. The van der Waals surface area contributed by atoms with Gasteiger partial charge in [0.1, 0.15) is 11.6 Å². The van der Waals surface area contributed by atoms with Crippen molar-refractivity contribution in [2.24, 2.45) is 7.05 Å². The van der Waals surface area contributed by atoms with Crippen LogP contribution in [-0.2, 0) is 13.5 Å². The van der Waals surface area contributed by atoms with Crippen molar-refractivity contribution < 1.29 is 9.13 Å². The van der Waals surface area contributed by atoms with Crippen LogP contribution in [0.2, 0.25) is 0 Å². The van der Waals surface area contributed by atoms with Crippen LogP contribution in [0, 0.1) is 5.82 Å². The van der Waals surface area contributed by atoms with Crippen molar-refractivity contribution in [1.82, 2.24) is 9.47 Å². The smallest absolute Gasteiger partial charge is 0.131 e. The third kappa shape index (κ3) is 3.19. The molecule has 0 radical (unpaired) electrons. The first-order valence-corrected chi connectivity index (χ1v) is 5.99. The van der Waals surface area contributed by atoms with E-state index in [9.17, 15) is 4.39 Å². The number of hydrogen-bond acceptors (Lipinski definition) is 2. The van der Waals surface area contributed by atoms with E-state index >= 15 is 0 Å². The van der Waals surface area contributed by atoms with Gasteiger partial charge in [-0.05, 0) is 32.1 Å². The maximum atomic E-state index is 13.5. The molecule has 0 saturated carbocycles. The lowest BCUT2D eigenvalue weighted by Gasteiger charge is -2.09. The van der Waals surface area contributed by atoms with E-state index in [0.29, 0.717) is 5.75 Å². The highest BCUT2D eigenvalue weighted by molar-refractivity contribution is 5.90. The lowest BCUT2D eigenvalue weighted by molar-refractivity contribution is 0.410. The van der Waals surface area contributed by atoms with Crippen LogP contribution >= 0.6 is 12.4 Å². The van der Waals surface area contributed by atoms with Crippen LogP contribution in [0.1, 0.15) is 5.56 Å². The van der Waals surface area contributed by atoms with Gasteiger partial charge in [0.25, 0.3) is 0 Å². The Balaban J connectivity index is 0.00000180. The largest absolute Gasteiger partial charge is 0.496 e. The maximum absolute atomic E-state index is 13.5. The lowest BCUT2D eigenvalue weighted by atomic mass is 10.1. The van der Waals surface area contributed by atoms with Crippen molar-refractivity contribution in [3.63, 3.8) is 0 Å². The van der Waals surface area contributed by atoms with E-state index in [4.69, 9.17) is 4.74 Å². The van der Waals surface area contributed by atoms with Gasteiger partial charge in [0.15, 0.2) is 0 Å². The zero-order chi connectivity index (χ0) is 13.3. The molecular formula is C14H20ClFN2O. The number of benzene rings is 1. The van der Waals surface area contributed by atoms with Crippen molar-refractivity contribution in [2.75, 3.05) is 27.7 Å². The molecule has 19 heavy (non-hydrogen) atoms. The van der Waals surface area contributed by atoms with Crippen LogP contribution in [0.3, 0.4) is 0 Å². The van der Waals surface area contributed by atoms with E-state index in [-0.39, 0.29) is 18.2 Å². The first-order valence-electron chi connectivity index (χ1n) is 5.99. The number of rotatable bonds is 4. The molecule has 0 bridgehead atoms.